The molecule has 0 aromatic heterocycles. The molecule has 1 fully saturated rings. The zero-order valence-electron chi connectivity index (χ0n) is 16.9. The standard InChI is InChI=1S/C21H30F2N4O3/c22-18(23)8-9-19(28)25-12-15(24)11-20(29)27-10-4-7-17(27)21-26-16(13-30-21)14-5-2-1-3-6-14/h1-3,5-6,15-18,20,29H,4,7-13,24H2,(H,25,28)/p-1/t15-,16+,17?,20?/m0/s1. The molecule has 1 aromatic rings. The number of ether oxygens (including phenoxy) is 1. The molecule has 166 valence electrons. The summed E-state index contributed by atoms with van der Waals surface area (Å²) in [4.78, 5) is 10.4. The van der Waals surface area contributed by atoms with Crippen molar-refractivity contribution in [2.45, 2.75) is 62.9 Å². The van der Waals surface area contributed by atoms with E-state index in [0.29, 0.717) is 19.0 Å². The second kappa shape index (κ2) is 10.8. The molecule has 9 heteroatoms. The van der Waals surface area contributed by atoms with Crippen LogP contribution in [0.4, 0.5) is 8.78 Å². The smallest absolute Gasteiger partial charge is 0.239 e. The highest BCUT2D eigenvalue weighted by Crippen LogP contribution is 2.29. The van der Waals surface area contributed by atoms with Gasteiger partial charge in [0.15, 0.2) is 0 Å². The van der Waals surface area contributed by atoms with Crippen LogP contribution in [0, 0.1) is 0 Å². The maximum Gasteiger partial charge on any atom is 0.239 e. The Bertz CT molecular complexity index is 732. The van der Waals surface area contributed by atoms with E-state index in [1.807, 2.05) is 35.2 Å². The summed E-state index contributed by atoms with van der Waals surface area (Å²) >= 11 is 0. The van der Waals surface area contributed by atoms with Gasteiger partial charge in [0, 0.05) is 25.4 Å². The van der Waals surface area contributed by atoms with Gasteiger partial charge in [0.25, 0.3) is 0 Å². The second-order valence-electron chi connectivity index (χ2n) is 7.74. The van der Waals surface area contributed by atoms with Crippen molar-refractivity contribution >= 4 is 11.8 Å². The molecule has 0 saturated carbocycles. The first-order valence-electron chi connectivity index (χ1n) is 10.4. The monoisotopic (exact) mass is 423 g/mol. The molecule has 0 aliphatic carbocycles. The molecule has 1 aromatic carbocycles. The van der Waals surface area contributed by atoms with Crippen LogP contribution >= 0.6 is 0 Å². The summed E-state index contributed by atoms with van der Waals surface area (Å²) < 4.78 is 30.2. The van der Waals surface area contributed by atoms with Gasteiger partial charge in [-0.3, -0.25) is 4.90 Å². The number of aliphatic imine (C=N–C) groups is 2. The van der Waals surface area contributed by atoms with E-state index >= 15 is 0 Å². The third kappa shape index (κ3) is 6.20. The quantitative estimate of drug-likeness (QED) is 0.438. The van der Waals surface area contributed by atoms with Crippen LogP contribution in [0.1, 0.15) is 43.7 Å². The highest BCUT2D eigenvalue weighted by Gasteiger charge is 2.37. The third-order valence-corrected chi connectivity index (χ3v) is 5.41. The summed E-state index contributed by atoms with van der Waals surface area (Å²) in [5.74, 6) is 0.0563. The predicted molar refractivity (Wildman–Crippen MR) is 108 cm³/mol. The lowest BCUT2D eigenvalue weighted by atomic mass is 10.1. The summed E-state index contributed by atoms with van der Waals surface area (Å²) in [6.45, 7) is 1.19. The van der Waals surface area contributed by atoms with Gasteiger partial charge in [-0.15, -0.1) is 0 Å². The van der Waals surface area contributed by atoms with Gasteiger partial charge in [-0.25, -0.2) is 13.8 Å². The Morgan fingerprint density at radius 2 is 2.13 bits per heavy atom. The lowest BCUT2D eigenvalue weighted by Gasteiger charge is -2.30. The minimum Gasteiger partial charge on any atom is -0.862 e. The van der Waals surface area contributed by atoms with E-state index in [1.54, 1.807) is 0 Å². The van der Waals surface area contributed by atoms with Crippen molar-refractivity contribution in [3.05, 3.63) is 35.9 Å². The van der Waals surface area contributed by atoms with E-state index in [0.717, 1.165) is 18.4 Å². The number of hydrogen-bond acceptors (Lipinski definition) is 7. The number of nitrogens with zero attached hydrogens (tertiary/aromatic N) is 3. The van der Waals surface area contributed by atoms with Crippen molar-refractivity contribution in [1.29, 1.82) is 0 Å². The van der Waals surface area contributed by atoms with Crippen LogP contribution in [0.2, 0.25) is 0 Å². The first-order valence-corrected chi connectivity index (χ1v) is 10.4. The van der Waals surface area contributed by atoms with Crippen molar-refractivity contribution in [3.63, 3.8) is 0 Å². The summed E-state index contributed by atoms with van der Waals surface area (Å²) in [6, 6.07) is 9.26. The molecule has 1 saturated heterocycles. The molecule has 0 bridgehead atoms. The zero-order chi connectivity index (χ0) is 21.5. The van der Waals surface area contributed by atoms with Gasteiger partial charge in [0.1, 0.15) is 18.9 Å². The number of aliphatic hydroxyl groups excluding tert-OH is 1. The molecule has 2 unspecified atom stereocenters. The Kier molecular flexibility index (Phi) is 8.12. The Morgan fingerprint density at radius 1 is 1.37 bits per heavy atom. The van der Waals surface area contributed by atoms with Gasteiger partial charge >= 0.3 is 0 Å². The topological polar surface area (TPSA) is 106 Å². The summed E-state index contributed by atoms with van der Waals surface area (Å²) in [5, 5.41) is 22.2. The Morgan fingerprint density at radius 3 is 2.87 bits per heavy atom. The fourth-order valence-electron chi connectivity index (χ4n) is 3.84. The normalized spacial score (nSPS) is 24.7. The molecular weight excluding hydrogens is 394 g/mol. The first-order chi connectivity index (χ1) is 14.4. The molecule has 7 nitrogen and oxygen atoms in total. The van der Waals surface area contributed by atoms with E-state index in [4.69, 9.17) is 15.5 Å². The first kappa shape index (κ1) is 22.6. The molecule has 3 N–H and O–H groups in total. The molecule has 0 radical (unpaired) electrons. The van der Waals surface area contributed by atoms with Crippen LogP contribution in [0.25, 0.3) is 0 Å². The minimum atomic E-state index is -2.52. The molecule has 2 aliphatic heterocycles. The molecule has 4 atom stereocenters. The van der Waals surface area contributed by atoms with Crippen LogP contribution in [-0.2, 0) is 4.74 Å². The van der Waals surface area contributed by atoms with E-state index < -0.39 is 31.0 Å². The number of rotatable bonds is 10. The Labute approximate surface area is 175 Å². The van der Waals surface area contributed by atoms with Gasteiger partial charge < -0.3 is 25.7 Å². The van der Waals surface area contributed by atoms with Crippen LogP contribution in [0.15, 0.2) is 40.3 Å². The molecule has 2 aliphatic rings. The van der Waals surface area contributed by atoms with Crippen LogP contribution < -0.4 is 10.8 Å². The summed E-state index contributed by atoms with van der Waals surface area (Å²) in [5.41, 5.74) is 7.10. The van der Waals surface area contributed by atoms with Gasteiger partial charge in [0.2, 0.25) is 12.3 Å². The van der Waals surface area contributed by atoms with Crippen molar-refractivity contribution in [1.82, 2.24) is 4.90 Å². The maximum absolute atomic E-state index is 12.1. The highest BCUT2D eigenvalue weighted by molar-refractivity contribution is 5.83. The molecule has 3 rings (SSSR count). The third-order valence-electron chi connectivity index (χ3n) is 5.41. The zero-order valence-corrected chi connectivity index (χ0v) is 16.9. The maximum atomic E-state index is 12.1. The number of benzene rings is 1. The number of halogens is 2. The van der Waals surface area contributed by atoms with Crippen molar-refractivity contribution < 1.29 is 23.7 Å². The minimum absolute atomic E-state index is 0.00512. The largest absolute Gasteiger partial charge is 0.862 e. The summed E-state index contributed by atoms with van der Waals surface area (Å²) in [6.07, 6.45) is -2.16. The molecule has 0 amide bonds. The molecule has 2 heterocycles. The SMILES string of the molecule is N[C@H](CN=C([O-])CCC(F)F)CC(O)N1CCCC1C1=N[C@@H](c2ccccc2)CO1. The van der Waals surface area contributed by atoms with Gasteiger partial charge in [-0.05, 0) is 30.7 Å². The average Bonchev–Trinajstić information content (AvgIpc) is 3.40. The van der Waals surface area contributed by atoms with Crippen molar-refractivity contribution in [2.75, 3.05) is 19.7 Å². The van der Waals surface area contributed by atoms with Gasteiger partial charge in [-0.1, -0.05) is 30.3 Å². The predicted octanol–water partition coefficient (Wildman–Crippen LogP) is 1.46. The second-order valence-corrected chi connectivity index (χ2v) is 7.74. The highest BCUT2D eigenvalue weighted by atomic mass is 19.3. The van der Waals surface area contributed by atoms with Crippen LogP contribution in [-0.4, -0.2) is 66.2 Å². The number of nitrogens with two attached hydrogens (primary N) is 1. The average molecular weight is 423 g/mol. The van der Waals surface area contributed by atoms with Crippen LogP contribution in [0.5, 0.6) is 0 Å². The van der Waals surface area contributed by atoms with Gasteiger partial charge in [-0.2, -0.15) is 0 Å². The van der Waals surface area contributed by atoms with Gasteiger partial charge in [0.05, 0.1) is 12.6 Å². The number of aliphatic hydroxyl groups is 1. The molecular formula is C21H29F2N4O3-. The lowest BCUT2D eigenvalue weighted by Crippen LogP contribution is -2.46. The van der Waals surface area contributed by atoms with Crippen molar-refractivity contribution in [2.24, 2.45) is 15.7 Å². The fraction of sp³-hybridized carbons (Fsp3) is 0.619. The van der Waals surface area contributed by atoms with E-state index in [-0.39, 0.29) is 31.5 Å². The Hall–Kier alpha value is -2.10. The van der Waals surface area contributed by atoms with E-state index in [2.05, 4.69) is 4.99 Å². The van der Waals surface area contributed by atoms with E-state index in [9.17, 15) is 19.0 Å². The van der Waals surface area contributed by atoms with E-state index in [1.165, 1.54) is 0 Å². The molecule has 0 spiro atoms. The Balaban J connectivity index is 1.53. The fourth-order valence-corrected chi connectivity index (χ4v) is 3.84. The number of alkyl halides is 2. The number of likely N-dealkylation sites (tertiary alicyclic amines) is 1. The van der Waals surface area contributed by atoms with Crippen molar-refractivity contribution in [3.8, 4) is 0 Å². The van der Waals surface area contributed by atoms with Crippen LogP contribution in [0.3, 0.4) is 0 Å². The number of hydrogen-bond donors (Lipinski definition) is 2. The summed E-state index contributed by atoms with van der Waals surface area (Å²) in [7, 11) is 0. The molecule has 30 heavy (non-hydrogen) atoms. The lowest BCUT2D eigenvalue weighted by molar-refractivity contribution is -0.219.